The molecule has 0 aliphatic heterocycles. The molecule has 11 heteroatoms. The second-order valence-corrected chi connectivity index (χ2v) is 6.63. The topological polar surface area (TPSA) is 113 Å². The van der Waals surface area contributed by atoms with Gasteiger partial charge >= 0.3 is 0 Å². The molecule has 5 rings (SSSR count). The lowest BCUT2D eigenvalue weighted by Gasteiger charge is -2.16. The van der Waals surface area contributed by atoms with Crippen LogP contribution in [0.25, 0.3) is 22.1 Å². The highest BCUT2D eigenvalue weighted by Gasteiger charge is 2.13. The molecule has 0 radical (unpaired) electrons. The highest BCUT2D eigenvalue weighted by atomic mass is 19.1. The Bertz CT molecular complexity index is 1460. The van der Waals surface area contributed by atoms with E-state index in [-0.39, 0.29) is 18.1 Å². The number of nitrogens with one attached hydrogen (secondary N) is 3. The molecule has 0 atom stereocenters. The molecular weight excluding hydrogens is 430 g/mol. The van der Waals surface area contributed by atoms with Gasteiger partial charge in [0.15, 0.2) is 17.3 Å². The SMILES string of the molecule is CC.O=c1c2ccccc2nc(CNc2ncnc3nc[nH]c23)n1Nc1cc(F)cc(F)c1. The molecule has 5 aromatic rings. The molecule has 3 N–H and O–H groups in total. The van der Waals surface area contributed by atoms with Crippen molar-refractivity contribution in [1.82, 2.24) is 29.6 Å². The van der Waals surface area contributed by atoms with E-state index in [1.807, 2.05) is 13.8 Å². The van der Waals surface area contributed by atoms with Crippen LogP contribution in [0.5, 0.6) is 0 Å². The van der Waals surface area contributed by atoms with Crippen LogP contribution in [0.3, 0.4) is 0 Å². The average molecular weight is 450 g/mol. The summed E-state index contributed by atoms with van der Waals surface area (Å²) in [5, 5.41) is 3.45. The van der Waals surface area contributed by atoms with Crippen LogP contribution < -0.4 is 16.3 Å². The van der Waals surface area contributed by atoms with Gasteiger partial charge in [-0.3, -0.25) is 10.2 Å². The molecule has 33 heavy (non-hydrogen) atoms. The number of imidazole rings is 1. The van der Waals surface area contributed by atoms with Crippen LogP contribution >= 0.6 is 0 Å². The molecule has 0 spiro atoms. The van der Waals surface area contributed by atoms with Crippen LogP contribution in [0.4, 0.5) is 20.3 Å². The number of benzene rings is 2. The number of H-pyrrole nitrogens is 1. The van der Waals surface area contributed by atoms with Gasteiger partial charge in [-0.25, -0.2) is 33.4 Å². The number of rotatable bonds is 5. The minimum absolute atomic E-state index is 0.0657. The van der Waals surface area contributed by atoms with E-state index >= 15 is 0 Å². The smallest absolute Gasteiger partial charge is 0.280 e. The van der Waals surface area contributed by atoms with E-state index < -0.39 is 17.2 Å². The van der Waals surface area contributed by atoms with Crippen LogP contribution in [-0.2, 0) is 6.54 Å². The summed E-state index contributed by atoms with van der Waals surface area (Å²) in [7, 11) is 0. The van der Waals surface area contributed by atoms with Crippen molar-refractivity contribution in [2.75, 3.05) is 10.7 Å². The normalized spacial score (nSPS) is 10.7. The molecule has 0 aliphatic carbocycles. The Labute approximate surface area is 186 Å². The monoisotopic (exact) mass is 450 g/mol. The van der Waals surface area contributed by atoms with Crippen LogP contribution in [0, 0.1) is 11.6 Å². The Kier molecular flexibility index (Phi) is 6.20. The van der Waals surface area contributed by atoms with Crippen LogP contribution in [0.15, 0.2) is 59.9 Å². The average Bonchev–Trinajstić information content (AvgIpc) is 3.30. The van der Waals surface area contributed by atoms with Crippen molar-refractivity contribution < 1.29 is 8.78 Å². The Morgan fingerprint density at radius 3 is 2.58 bits per heavy atom. The van der Waals surface area contributed by atoms with E-state index in [2.05, 4.69) is 35.7 Å². The predicted molar refractivity (Wildman–Crippen MR) is 122 cm³/mol. The number of fused-ring (bicyclic) bond motifs is 2. The van der Waals surface area contributed by atoms with Crippen molar-refractivity contribution in [1.29, 1.82) is 0 Å². The lowest BCUT2D eigenvalue weighted by molar-refractivity contribution is 0.583. The van der Waals surface area contributed by atoms with Gasteiger partial charge in [-0.2, -0.15) is 0 Å². The number of para-hydroxylation sites is 1. The second-order valence-electron chi connectivity index (χ2n) is 6.63. The van der Waals surface area contributed by atoms with Gasteiger partial charge in [-0.15, -0.1) is 0 Å². The number of hydrogen-bond donors (Lipinski definition) is 3. The summed E-state index contributed by atoms with van der Waals surface area (Å²) in [6, 6.07) is 9.74. The number of aromatic amines is 1. The van der Waals surface area contributed by atoms with E-state index in [0.717, 1.165) is 22.9 Å². The fourth-order valence-electron chi connectivity index (χ4n) is 3.22. The molecule has 0 unspecified atom stereocenters. The molecule has 0 bridgehead atoms. The van der Waals surface area contributed by atoms with Crippen molar-refractivity contribution in [3.05, 3.63) is 82.9 Å². The van der Waals surface area contributed by atoms with Gasteiger partial charge in [-0.05, 0) is 24.3 Å². The molecule has 0 saturated carbocycles. The Balaban J connectivity index is 0.00000126. The van der Waals surface area contributed by atoms with Crippen molar-refractivity contribution >= 4 is 33.6 Å². The van der Waals surface area contributed by atoms with Crippen molar-refractivity contribution in [3.63, 3.8) is 0 Å². The van der Waals surface area contributed by atoms with Gasteiger partial charge in [0.2, 0.25) is 0 Å². The van der Waals surface area contributed by atoms with Crippen LogP contribution in [-0.4, -0.2) is 29.6 Å². The first-order valence-electron chi connectivity index (χ1n) is 10.2. The summed E-state index contributed by atoms with van der Waals surface area (Å²) in [6.45, 7) is 4.08. The molecule has 0 fully saturated rings. The lowest BCUT2D eigenvalue weighted by atomic mass is 10.2. The van der Waals surface area contributed by atoms with Crippen LogP contribution in [0.1, 0.15) is 19.7 Å². The first kappa shape index (κ1) is 21.8. The zero-order valence-corrected chi connectivity index (χ0v) is 17.8. The molecule has 0 amide bonds. The van der Waals surface area contributed by atoms with E-state index in [0.29, 0.717) is 27.9 Å². The van der Waals surface area contributed by atoms with E-state index in [9.17, 15) is 13.6 Å². The quantitative estimate of drug-likeness (QED) is 0.373. The Morgan fingerprint density at radius 2 is 1.79 bits per heavy atom. The molecule has 0 saturated heterocycles. The molecule has 0 aliphatic rings. The van der Waals surface area contributed by atoms with E-state index in [4.69, 9.17) is 0 Å². The third kappa shape index (κ3) is 4.47. The molecule has 9 nitrogen and oxygen atoms in total. The largest absolute Gasteiger partial charge is 0.361 e. The van der Waals surface area contributed by atoms with Gasteiger partial charge in [0, 0.05) is 6.07 Å². The Morgan fingerprint density at radius 1 is 1.03 bits per heavy atom. The zero-order chi connectivity index (χ0) is 23.4. The number of aromatic nitrogens is 6. The summed E-state index contributed by atoms with van der Waals surface area (Å²) in [5.41, 5.74) is 3.97. The van der Waals surface area contributed by atoms with E-state index in [1.54, 1.807) is 24.3 Å². The maximum atomic E-state index is 13.7. The summed E-state index contributed by atoms with van der Waals surface area (Å²) in [6.07, 6.45) is 2.86. The van der Waals surface area contributed by atoms with Gasteiger partial charge in [-0.1, -0.05) is 26.0 Å². The number of hydrogen-bond acceptors (Lipinski definition) is 7. The summed E-state index contributed by atoms with van der Waals surface area (Å²) < 4.78 is 28.5. The maximum absolute atomic E-state index is 13.7. The summed E-state index contributed by atoms with van der Waals surface area (Å²) in [5.74, 6) is -0.800. The van der Waals surface area contributed by atoms with Crippen molar-refractivity contribution in [3.8, 4) is 0 Å². The van der Waals surface area contributed by atoms with Crippen molar-refractivity contribution in [2.45, 2.75) is 20.4 Å². The number of anilines is 2. The molecule has 168 valence electrons. The first-order chi connectivity index (χ1) is 16.1. The lowest BCUT2D eigenvalue weighted by Crippen LogP contribution is -2.32. The fourth-order valence-corrected chi connectivity index (χ4v) is 3.22. The van der Waals surface area contributed by atoms with Gasteiger partial charge in [0.05, 0.1) is 29.5 Å². The zero-order valence-electron chi connectivity index (χ0n) is 17.8. The molecule has 2 aromatic carbocycles. The van der Waals surface area contributed by atoms with Gasteiger partial charge < -0.3 is 10.3 Å². The molecule has 3 aromatic heterocycles. The number of halogens is 2. The summed E-state index contributed by atoms with van der Waals surface area (Å²) >= 11 is 0. The van der Waals surface area contributed by atoms with Gasteiger partial charge in [0.25, 0.3) is 5.56 Å². The highest BCUT2D eigenvalue weighted by Crippen LogP contribution is 2.17. The first-order valence-corrected chi connectivity index (χ1v) is 10.2. The molecule has 3 heterocycles. The minimum atomic E-state index is -0.772. The minimum Gasteiger partial charge on any atom is -0.361 e. The number of nitrogens with zero attached hydrogens (tertiary/aromatic N) is 5. The standard InChI is InChI=1S/C20H14F2N8O.C2H6/c21-11-5-12(22)7-13(6-11)29-30-16(28-15-4-2-1-3-14(15)20(30)31)8-23-18-17-19(25-9-24-17)27-10-26-18;1-2/h1-7,9-10,29H,8H2,(H2,23,24,25,26,27);1-2H3. The second kappa shape index (κ2) is 9.39. The Hall–Kier alpha value is -4.41. The van der Waals surface area contributed by atoms with Crippen molar-refractivity contribution in [2.24, 2.45) is 0 Å². The molecular formula is C22H20F2N8O. The fraction of sp³-hybridized carbons (Fsp3) is 0.136. The van der Waals surface area contributed by atoms with Crippen LogP contribution in [0.2, 0.25) is 0 Å². The van der Waals surface area contributed by atoms with E-state index in [1.165, 1.54) is 12.7 Å². The maximum Gasteiger partial charge on any atom is 0.280 e. The third-order valence-corrected chi connectivity index (χ3v) is 4.59. The predicted octanol–water partition coefficient (Wildman–Crippen LogP) is 3.85. The van der Waals surface area contributed by atoms with Gasteiger partial charge in [0.1, 0.15) is 23.5 Å². The third-order valence-electron chi connectivity index (χ3n) is 4.59. The highest BCUT2D eigenvalue weighted by molar-refractivity contribution is 5.82. The summed E-state index contributed by atoms with van der Waals surface area (Å²) in [4.78, 5) is 32.9.